The van der Waals surface area contributed by atoms with Crippen LogP contribution in [-0.2, 0) is 54.0 Å². The van der Waals surface area contributed by atoms with Crippen molar-refractivity contribution in [3.63, 3.8) is 0 Å². The molecule has 0 aromatic heterocycles. The van der Waals surface area contributed by atoms with E-state index in [-0.39, 0.29) is 96.9 Å². The maximum atomic E-state index is 0. The van der Waals surface area contributed by atoms with Gasteiger partial charge < -0.3 is 72.4 Å². The third-order valence-corrected chi connectivity index (χ3v) is 0. The molecule has 0 rings (SSSR count). The van der Waals surface area contributed by atoms with Crippen molar-refractivity contribution in [3.8, 4) is 0 Å². The third-order valence-electron chi connectivity index (χ3n) is 0. The van der Waals surface area contributed by atoms with E-state index < -0.39 is 0 Å². The monoisotopic (exact) mass is 303 g/mol. The van der Waals surface area contributed by atoms with Crippen molar-refractivity contribution in [3.05, 3.63) is 0 Å². The van der Waals surface area contributed by atoms with E-state index in [4.69, 9.17) is 0 Å². The Morgan fingerprint density at radius 2 is 0.375 bits per heavy atom. The molecule has 0 heterocycles. The summed E-state index contributed by atoms with van der Waals surface area (Å²) in [5, 5.41) is 0. The molecule has 0 aromatic rings. The van der Waals surface area contributed by atoms with Crippen LogP contribution in [0.2, 0.25) is 0 Å². The maximum Gasteiger partial charge on any atom is 5.00 e. The first-order valence-corrected chi connectivity index (χ1v) is 0. The molecular weight excluding hydrogens is 292 g/mol. The molecule has 0 saturated carbocycles. The number of hydrogen-bond donors (Lipinski definition) is 3. The van der Waals surface area contributed by atoms with E-state index in [0.29, 0.717) is 0 Å². The van der Waals surface area contributed by atoms with E-state index in [0.717, 1.165) is 0 Å². The Morgan fingerprint density at radius 1 is 0.375 bits per heavy atom. The minimum Gasteiger partial charge on any atom is -2.00 e. The zero-order valence-electron chi connectivity index (χ0n) is 5.08. The van der Waals surface area contributed by atoms with Gasteiger partial charge in [0.05, 0.1) is 0 Å². The molecule has 0 atom stereocenters. The Morgan fingerprint density at radius 3 is 0.375 bits per heavy atom. The zero-order chi connectivity index (χ0) is 0. The van der Waals surface area contributed by atoms with Gasteiger partial charge in [0.1, 0.15) is 0 Å². The predicted octanol–water partition coefficient (Wildman–Crippen LogP) is 0.738. The van der Waals surface area contributed by atoms with Crippen LogP contribution in [-0.4, -0.2) is 24.4 Å². The molecule has 0 aromatic carbocycles. The topological polar surface area (TPSA) is 110 Å². The van der Waals surface area contributed by atoms with Crippen LogP contribution in [0.15, 0.2) is 0 Å². The molecule has 0 unspecified atom stereocenters. The smallest absolute Gasteiger partial charge is 2.00 e. The van der Waals surface area contributed by atoms with Gasteiger partial charge in [0.15, 0.2) is 0 Å². The molecule has 56 valence electrons. The van der Waals surface area contributed by atoms with E-state index in [1.54, 1.807) is 0 Å². The standard InChI is InChI=1S/3H3N.4S.Sb/h3*1H3;;;;;/q;;;4*-2;+5/p+3. The normalized spacial score (nSPS) is 0. The Labute approximate surface area is 96.1 Å². The molecular formula is H12N3S4Sb. The van der Waals surface area contributed by atoms with Gasteiger partial charge >= 0.3 is 24.4 Å². The van der Waals surface area contributed by atoms with E-state index >= 15 is 0 Å². The third kappa shape index (κ3) is 92.7. The molecule has 0 saturated heterocycles. The summed E-state index contributed by atoms with van der Waals surface area (Å²) in [4.78, 5) is 0. The molecule has 8 heavy (non-hydrogen) atoms. The second kappa shape index (κ2) is 136. The number of quaternary nitrogens is 3. The first kappa shape index (κ1) is 190. The van der Waals surface area contributed by atoms with Crippen molar-refractivity contribution < 1.29 is 0 Å². The van der Waals surface area contributed by atoms with Gasteiger partial charge in [-0.1, -0.05) is 0 Å². The molecule has 0 radical (unpaired) electrons. The summed E-state index contributed by atoms with van der Waals surface area (Å²) in [6.45, 7) is 0. The van der Waals surface area contributed by atoms with Crippen LogP contribution in [0.5, 0.6) is 0 Å². The summed E-state index contributed by atoms with van der Waals surface area (Å²) < 4.78 is 0. The van der Waals surface area contributed by atoms with Crippen molar-refractivity contribution in [2.24, 2.45) is 0 Å². The van der Waals surface area contributed by atoms with Crippen molar-refractivity contribution in [2.75, 3.05) is 0 Å². The van der Waals surface area contributed by atoms with Gasteiger partial charge in [-0.3, -0.25) is 0 Å². The molecule has 0 aliphatic carbocycles. The van der Waals surface area contributed by atoms with E-state index in [1.165, 1.54) is 0 Å². The summed E-state index contributed by atoms with van der Waals surface area (Å²) in [5.41, 5.74) is 0. The molecule has 0 amide bonds. The molecule has 12 N–H and O–H groups in total. The quantitative estimate of drug-likeness (QED) is 0.549. The van der Waals surface area contributed by atoms with Crippen LogP contribution in [0.3, 0.4) is 0 Å². The zero-order valence-corrected chi connectivity index (χ0v) is 10.9. The summed E-state index contributed by atoms with van der Waals surface area (Å²) in [7, 11) is 0. The largest absolute Gasteiger partial charge is 5.00 e. The summed E-state index contributed by atoms with van der Waals surface area (Å²) in [6.07, 6.45) is 0. The SMILES string of the molecule is [NH4+].[NH4+].[NH4+].[S-2].[S-2].[S-2].[S-2].[Sb+5]. The number of hydrogen-bond acceptors (Lipinski definition) is 0. The average molecular weight is 304 g/mol. The molecule has 0 aliphatic rings. The van der Waals surface area contributed by atoms with E-state index in [2.05, 4.69) is 0 Å². The van der Waals surface area contributed by atoms with Crippen LogP contribution in [0.4, 0.5) is 0 Å². The summed E-state index contributed by atoms with van der Waals surface area (Å²) >= 11 is 0. The van der Waals surface area contributed by atoms with Crippen molar-refractivity contribution in [1.29, 1.82) is 0 Å². The van der Waals surface area contributed by atoms with Gasteiger partial charge in [0, 0.05) is 0 Å². The van der Waals surface area contributed by atoms with Gasteiger partial charge in [-0.25, -0.2) is 0 Å². The van der Waals surface area contributed by atoms with Gasteiger partial charge in [-0.15, -0.1) is 0 Å². The van der Waals surface area contributed by atoms with Crippen LogP contribution < -0.4 is 18.5 Å². The molecule has 8 heteroatoms. The minimum absolute atomic E-state index is 0. The van der Waals surface area contributed by atoms with Gasteiger partial charge in [-0.05, 0) is 0 Å². The fourth-order valence-corrected chi connectivity index (χ4v) is 0. The Kier molecular flexibility index (Phi) is 3220. The van der Waals surface area contributed by atoms with Crippen LogP contribution >= 0.6 is 0 Å². The Balaban J connectivity index is 0. The molecule has 3 nitrogen and oxygen atoms in total. The van der Waals surface area contributed by atoms with Crippen molar-refractivity contribution in [2.45, 2.75) is 0 Å². The Bertz CT molecular complexity index is 11.2. The van der Waals surface area contributed by atoms with E-state index in [1.807, 2.05) is 0 Å². The second-order valence-corrected chi connectivity index (χ2v) is 0. The Hall–Kier alpha value is 2.10. The molecule has 0 spiro atoms. The predicted molar refractivity (Wildman–Crippen MR) is 53.2 cm³/mol. The van der Waals surface area contributed by atoms with Crippen LogP contribution in [0.25, 0.3) is 0 Å². The first-order valence-electron chi connectivity index (χ1n) is 0. The van der Waals surface area contributed by atoms with Gasteiger partial charge in [-0.2, -0.15) is 0 Å². The van der Waals surface area contributed by atoms with E-state index in [9.17, 15) is 0 Å². The fourth-order valence-electron chi connectivity index (χ4n) is 0. The fraction of sp³-hybridized carbons (Fsp3) is 0. The van der Waals surface area contributed by atoms with Crippen molar-refractivity contribution in [1.82, 2.24) is 18.5 Å². The van der Waals surface area contributed by atoms with Gasteiger partial charge in [0.25, 0.3) is 0 Å². The summed E-state index contributed by atoms with van der Waals surface area (Å²) in [6, 6.07) is 0. The second-order valence-electron chi connectivity index (χ2n) is 0. The maximum absolute atomic E-state index is 0. The van der Waals surface area contributed by atoms with Crippen LogP contribution in [0, 0.1) is 0 Å². The first-order chi connectivity index (χ1) is 0. The minimum atomic E-state index is 0. The van der Waals surface area contributed by atoms with Crippen molar-refractivity contribution >= 4 is 78.4 Å². The van der Waals surface area contributed by atoms with Gasteiger partial charge in [0.2, 0.25) is 0 Å². The number of rotatable bonds is 0. The average Bonchev–Trinajstić information content (AvgIpc) is 0. The molecule has 0 fully saturated rings. The molecule has 0 bridgehead atoms. The molecule has 0 aliphatic heterocycles. The summed E-state index contributed by atoms with van der Waals surface area (Å²) in [5.74, 6) is 0. The van der Waals surface area contributed by atoms with Crippen LogP contribution in [0.1, 0.15) is 0 Å².